The molecule has 21 heavy (non-hydrogen) atoms. The standard InChI is InChI=1S/C13H15N5O2S/c19-11-4-1-5-15-18(11)9-10-3-2-7-17(10)13(20)16-12-14-6-8-21-12/h1,4-6,8,10H,2-3,7,9H2,(H,14,16,20). The van der Waals surface area contributed by atoms with Gasteiger partial charge in [-0.2, -0.15) is 5.10 Å². The SMILES string of the molecule is O=C(Nc1nccs1)N1CCCC1Cn1ncccc1=O. The van der Waals surface area contributed by atoms with E-state index in [0.717, 1.165) is 12.8 Å². The lowest BCUT2D eigenvalue weighted by Crippen LogP contribution is -2.42. The Kier molecular flexibility index (Phi) is 3.96. The Morgan fingerprint density at radius 2 is 2.38 bits per heavy atom. The van der Waals surface area contributed by atoms with Crippen LogP contribution in [0.2, 0.25) is 0 Å². The van der Waals surface area contributed by atoms with Crippen LogP contribution >= 0.6 is 11.3 Å². The summed E-state index contributed by atoms with van der Waals surface area (Å²) in [4.78, 5) is 29.8. The first-order chi connectivity index (χ1) is 10.2. The zero-order valence-corrected chi connectivity index (χ0v) is 12.1. The number of amides is 2. The van der Waals surface area contributed by atoms with E-state index in [-0.39, 0.29) is 17.6 Å². The zero-order chi connectivity index (χ0) is 14.7. The molecule has 0 bridgehead atoms. The summed E-state index contributed by atoms with van der Waals surface area (Å²) in [6, 6.07) is 2.90. The van der Waals surface area contributed by atoms with Crippen LogP contribution in [0.1, 0.15) is 12.8 Å². The highest BCUT2D eigenvalue weighted by atomic mass is 32.1. The monoisotopic (exact) mass is 305 g/mol. The third kappa shape index (κ3) is 3.10. The van der Waals surface area contributed by atoms with Gasteiger partial charge < -0.3 is 4.90 Å². The molecule has 7 nitrogen and oxygen atoms in total. The highest BCUT2D eigenvalue weighted by Crippen LogP contribution is 2.20. The highest BCUT2D eigenvalue weighted by molar-refractivity contribution is 7.13. The van der Waals surface area contributed by atoms with Crippen molar-refractivity contribution in [3.8, 4) is 0 Å². The Labute approximate surface area is 125 Å². The van der Waals surface area contributed by atoms with Gasteiger partial charge in [0.15, 0.2) is 5.13 Å². The number of likely N-dealkylation sites (tertiary alicyclic amines) is 1. The molecule has 0 radical (unpaired) electrons. The van der Waals surface area contributed by atoms with E-state index in [4.69, 9.17) is 0 Å². The topological polar surface area (TPSA) is 80.1 Å². The summed E-state index contributed by atoms with van der Waals surface area (Å²) < 4.78 is 1.40. The van der Waals surface area contributed by atoms with Crippen LogP contribution in [0, 0.1) is 0 Å². The van der Waals surface area contributed by atoms with E-state index in [9.17, 15) is 9.59 Å². The first-order valence-electron chi connectivity index (χ1n) is 6.73. The molecule has 1 unspecified atom stereocenters. The summed E-state index contributed by atoms with van der Waals surface area (Å²) in [5.74, 6) is 0. The van der Waals surface area contributed by atoms with Crippen LogP contribution in [-0.4, -0.2) is 38.3 Å². The van der Waals surface area contributed by atoms with Crippen LogP contribution in [0.3, 0.4) is 0 Å². The largest absolute Gasteiger partial charge is 0.323 e. The number of thiazole rings is 1. The molecule has 0 saturated carbocycles. The van der Waals surface area contributed by atoms with Crippen molar-refractivity contribution in [2.75, 3.05) is 11.9 Å². The lowest BCUT2D eigenvalue weighted by Gasteiger charge is -2.24. The molecule has 0 spiro atoms. The second kappa shape index (κ2) is 6.04. The maximum atomic E-state index is 12.3. The summed E-state index contributed by atoms with van der Waals surface area (Å²) >= 11 is 1.38. The van der Waals surface area contributed by atoms with E-state index in [1.807, 2.05) is 5.38 Å². The van der Waals surface area contributed by atoms with Crippen LogP contribution in [0.15, 0.2) is 34.7 Å². The molecule has 3 rings (SSSR count). The highest BCUT2D eigenvalue weighted by Gasteiger charge is 2.29. The Bertz CT molecular complexity index is 669. The fourth-order valence-electron chi connectivity index (χ4n) is 2.47. The first-order valence-corrected chi connectivity index (χ1v) is 7.61. The fourth-order valence-corrected chi connectivity index (χ4v) is 2.98. The van der Waals surface area contributed by atoms with Gasteiger partial charge in [0.2, 0.25) is 0 Å². The average Bonchev–Trinajstić information content (AvgIpc) is 3.12. The van der Waals surface area contributed by atoms with Crippen LogP contribution in [0.4, 0.5) is 9.93 Å². The number of aromatic nitrogens is 3. The summed E-state index contributed by atoms with van der Waals surface area (Å²) in [6.07, 6.45) is 5.03. The third-order valence-corrected chi connectivity index (χ3v) is 4.14. The van der Waals surface area contributed by atoms with Crippen molar-refractivity contribution in [3.05, 3.63) is 40.3 Å². The Morgan fingerprint density at radius 1 is 1.48 bits per heavy atom. The lowest BCUT2D eigenvalue weighted by atomic mass is 10.2. The van der Waals surface area contributed by atoms with Crippen molar-refractivity contribution in [1.82, 2.24) is 19.7 Å². The van der Waals surface area contributed by atoms with Crippen molar-refractivity contribution in [1.29, 1.82) is 0 Å². The van der Waals surface area contributed by atoms with Gasteiger partial charge in [-0.15, -0.1) is 11.3 Å². The quantitative estimate of drug-likeness (QED) is 0.929. The second-order valence-corrected chi connectivity index (χ2v) is 5.70. The van der Waals surface area contributed by atoms with E-state index < -0.39 is 0 Å². The van der Waals surface area contributed by atoms with Crippen molar-refractivity contribution in [3.63, 3.8) is 0 Å². The predicted octanol–water partition coefficient (Wildman–Crippen LogP) is 1.40. The van der Waals surface area contributed by atoms with Gasteiger partial charge in [-0.25, -0.2) is 14.5 Å². The van der Waals surface area contributed by atoms with Crippen LogP contribution in [0.5, 0.6) is 0 Å². The van der Waals surface area contributed by atoms with Crippen molar-refractivity contribution in [2.24, 2.45) is 0 Å². The molecule has 1 fully saturated rings. The smallest absolute Gasteiger partial charge is 0.320 e. The molecule has 2 aromatic rings. The molecule has 1 atom stereocenters. The van der Waals surface area contributed by atoms with E-state index in [1.165, 1.54) is 22.1 Å². The summed E-state index contributed by atoms with van der Waals surface area (Å²) in [5, 5.41) is 9.22. The third-order valence-electron chi connectivity index (χ3n) is 3.45. The molecule has 2 aromatic heterocycles. The van der Waals surface area contributed by atoms with E-state index >= 15 is 0 Å². The molecule has 1 N–H and O–H groups in total. The van der Waals surface area contributed by atoms with Gasteiger partial charge in [0, 0.05) is 30.4 Å². The van der Waals surface area contributed by atoms with E-state index in [2.05, 4.69) is 15.4 Å². The maximum Gasteiger partial charge on any atom is 0.323 e. The molecule has 0 aromatic carbocycles. The summed E-state index contributed by atoms with van der Waals surface area (Å²) in [5.41, 5.74) is -0.148. The van der Waals surface area contributed by atoms with E-state index in [0.29, 0.717) is 18.2 Å². The van der Waals surface area contributed by atoms with Crippen molar-refractivity contribution in [2.45, 2.75) is 25.4 Å². The number of carbonyl (C=O) groups is 1. The number of urea groups is 1. The van der Waals surface area contributed by atoms with Crippen LogP contribution < -0.4 is 10.9 Å². The van der Waals surface area contributed by atoms with Gasteiger partial charge in [0.05, 0.1) is 12.6 Å². The molecule has 110 valence electrons. The number of hydrogen-bond acceptors (Lipinski definition) is 5. The van der Waals surface area contributed by atoms with Crippen LogP contribution in [-0.2, 0) is 6.54 Å². The molecule has 0 aliphatic carbocycles. The number of rotatable bonds is 3. The maximum absolute atomic E-state index is 12.3. The van der Waals surface area contributed by atoms with Crippen molar-refractivity contribution < 1.29 is 4.79 Å². The average molecular weight is 305 g/mol. The minimum atomic E-state index is -0.170. The molecular formula is C13H15N5O2S. The summed E-state index contributed by atoms with van der Waals surface area (Å²) in [7, 11) is 0. The fraction of sp³-hybridized carbons (Fsp3) is 0.385. The molecule has 1 saturated heterocycles. The Morgan fingerprint density at radius 3 is 3.14 bits per heavy atom. The normalized spacial score (nSPS) is 17.9. The molecule has 1 aliphatic heterocycles. The first kappa shape index (κ1) is 13.7. The number of nitrogens with zero attached hydrogens (tertiary/aromatic N) is 4. The van der Waals surface area contributed by atoms with Gasteiger partial charge in [0.1, 0.15) is 0 Å². The van der Waals surface area contributed by atoms with Crippen LogP contribution in [0.25, 0.3) is 0 Å². The minimum absolute atomic E-state index is 0.0161. The zero-order valence-electron chi connectivity index (χ0n) is 11.3. The number of carbonyl (C=O) groups excluding carboxylic acids is 1. The lowest BCUT2D eigenvalue weighted by molar-refractivity contribution is 0.199. The molecular weight excluding hydrogens is 290 g/mol. The van der Waals surface area contributed by atoms with Gasteiger partial charge in [-0.05, 0) is 18.9 Å². The summed E-state index contributed by atoms with van der Waals surface area (Å²) in [6.45, 7) is 1.11. The predicted molar refractivity (Wildman–Crippen MR) is 79.4 cm³/mol. The Balaban J connectivity index is 1.69. The second-order valence-electron chi connectivity index (χ2n) is 4.80. The van der Waals surface area contributed by atoms with Gasteiger partial charge in [0.25, 0.3) is 5.56 Å². The number of hydrogen-bond donors (Lipinski definition) is 1. The van der Waals surface area contributed by atoms with E-state index in [1.54, 1.807) is 23.4 Å². The van der Waals surface area contributed by atoms with Gasteiger partial charge >= 0.3 is 6.03 Å². The number of nitrogens with one attached hydrogen (secondary N) is 1. The van der Waals surface area contributed by atoms with Crippen molar-refractivity contribution >= 4 is 22.5 Å². The number of anilines is 1. The van der Waals surface area contributed by atoms with Gasteiger partial charge in [-0.1, -0.05) is 0 Å². The van der Waals surface area contributed by atoms with Gasteiger partial charge in [-0.3, -0.25) is 10.1 Å². The molecule has 2 amide bonds. The Hall–Kier alpha value is -2.22. The molecule has 1 aliphatic rings. The molecule has 8 heteroatoms. The molecule has 3 heterocycles. The minimum Gasteiger partial charge on any atom is -0.320 e.